The summed E-state index contributed by atoms with van der Waals surface area (Å²) in [5, 5.41) is 66.5. The minimum absolute atomic E-state index is 0.0387. The number of aliphatic hydroxyl groups is 2. The molecule has 3 aliphatic rings. The molecule has 6 N–H and O–H groups in total. The third-order valence-corrected chi connectivity index (χ3v) is 11.5. The van der Waals surface area contributed by atoms with Crippen molar-refractivity contribution < 1.29 is 58.9 Å². The summed E-state index contributed by atoms with van der Waals surface area (Å²) >= 11 is 0. The molecule has 0 aromatic heterocycles. The number of amides is 1. The van der Waals surface area contributed by atoms with Crippen molar-refractivity contribution in [1.29, 1.82) is 0 Å². The number of Topliss-reactive ketones (excluding diaryl/α,β-unsaturated/α-hetero) is 1. The fraction of sp³-hybridized carbons (Fsp3) is 0.422. The predicted octanol–water partition coefficient (Wildman–Crippen LogP) is 6.22. The number of aliphatic hydroxyl groups excluding tert-OH is 2. The smallest absolute Gasteiger partial charge is 0.312 e. The van der Waals surface area contributed by atoms with Crippen LogP contribution in [-0.4, -0.2) is 93.8 Å². The third kappa shape index (κ3) is 8.69. The standard InChI is InChI=1S/C45H55N3O12/c1-22-15-14-16-23(2)44(56)47-35-30(21-46-48(9)29-17-12-11-13-18-29)39(53)32-33(40(35)54)38(52)27(6)42-34(32)43(55)45(8,60-42)58-20-19-31(57-10)24(3)41(59-28(7)49)26(5)37(51)25(4)36(22)50/h11-22,24-26,31,36-37,41,50-54H,1-10H3,(H,47,56)/b15-14+,20-19+,23-16+,46-21-. The molecule has 0 saturated carbocycles. The Bertz CT molecular complexity index is 2250. The molecular formula is C45H55N3O12. The van der Waals surface area contributed by atoms with Gasteiger partial charge in [0.25, 0.3) is 11.7 Å². The maximum absolute atomic E-state index is 14.4. The van der Waals surface area contributed by atoms with Crippen LogP contribution in [0.5, 0.6) is 23.0 Å². The zero-order valence-electron chi connectivity index (χ0n) is 35.5. The van der Waals surface area contributed by atoms with Gasteiger partial charge in [0, 0.05) is 68.2 Å². The monoisotopic (exact) mass is 829 g/mol. The van der Waals surface area contributed by atoms with Gasteiger partial charge in [-0.2, -0.15) is 5.10 Å². The lowest BCUT2D eigenvalue weighted by molar-refractivity contribution is -0.160. The van der Waals surface area contributed by atoms with E-state index in [4.69, 9.17) is 18.9 Å². The Balaban J connectivity index is 1.73. The van der Waals surface area contributed by atoms with Crippen LogP contribution in [0.25, 0.3) is 10.8 Å². The highest BCUT2D eigenvalue weighted by Crippen LogP contribution is 2.55. The van der Waals surface area contributed by atoms with Gasteiger partial charge in [0.05, 0.1) is 58.7 Å². The fourth-order valence-electron chi connectivity index (χ4n) is 7.73. The van der Waals surface area contributed by atoms with Gasteiger partial charge in [-0.25, -0.2) is 0 Å². The van der Waals surface area contributed by atoms with Crippen molar-refractivity contribution in [3.63, 3.8) is 0 Å². The Morgan fingerprint density at radius 1 is 0.933 bits per heavy atom. The number of allylic oxidation sites excluding steroid dienone is 2. The highest BCUT2D eigenvalue weighted by Gasteiger charge is 2.50. The number of phenols is 3. The first-order valence-electron chi connectivity index (χ1n) is 19.7. The predicted molar refractivity (Wildman–Crippen MR) is 226 cm³/mol. The van der Waals surface area contributed by atoms with E-state index < -0.39 is 88.8 Å². The topological polar surface area (TPSA) is 217 Å². The molecule has 60 heavy (non-hydrogen) atoms. The Morgan fingerprint density at radius 3 is 2.23 bits per heavy atom. The highest BCUT2D eigenvalue weighted by atomic mass is 16.7. The Hall–Kier alpha value is -5.90. The van der Waals surface area contributed by atoms with E-state index >= 15 is 0 Å². The molecule has 15 nitrogen and oxygen atoms in total. The van der Waals surface area contributed by atoms with E-state index in [-0.39, 0.29) is 44.5 Å². The lowest BCUT2D eigenvalue weighted by atomic mass is 9.78. The van der Waals surface area contributed by atoms with Crippen molar-refractivity contribution in [2.75, 3.05) is 24.5 Å². The number of carbonyl (C=O) groups is 3. The van der Waals surface area contributed by atoms with Crippen LogP contribution < -0.4 is 15.1 Å². The molecule has 3 aliphatic heterocycles. The van der Waals surface area contributed by atoms with Crippen molar-refractivity contribution in [2.45, 2.75) is 85.6 Å². The van der Waals surface area contributed by atoms with Gasteiger partial charge in [-0.15, -0.1) is 0 Å². The lowest BCUT2D eigenvalue weighted by Gasteiger charge is -2.38. The maximum atomic E-state index is 14.4. The second-order valence-electron chi connectivity index (χ2n) is 15.7. The number of methoxy groups -OCH3 is 1. The second-order valence-corrected chi connectivity index (χ2v) is 15.7. The van der Waals surface area contributed by atoms with Crippen molar-refractivity contribution >= 4 is 46.0 Å². The molecule has 0 fully saturated rings. The minimum atomic E-state index is -2.06. The Labute approximate surface area is 349 Å². The number of hydrogen-bond donors (Lipinski definition) is 6. The summed E-state index contributed by atoms with van der Waals surface area (Å²) in [5.41, 5.74) is 0.150. The van der Waals surface area contributed by atoms with Gasteiger partial charge in [-0.05, 0) is 32.1 Å². The molecule has 3 aromatic rings. The van der Waals surface area contributed by atoms with E-state index in [0.717, 1.165) is 0 Å². The van der Waals surface area contributed by atoms with Crippen molar-refractivity contribution in [3.05, 3.63) is 83.2 Å². The van der Waals surface area contributed by atoms with Gasteiger partial charge in [0.2, 0.25) is 0 Å². The molecule has 3 aromatic carbocycles. The van der Waals surface area contributed by atoms with Crippen LogP contribution in [0.15, 0.2) is 71.6 Å². The molecule has 9 atom stereocenters. The number of phenolic OH excluding ortho intramolecular Hbond substituents is 3. The number of benzene rings is 3. The first-order chi connectivity index (χ1) is 28.2. The fourth-order valence-corrected chi connectivity index (χ4v) is 7.73. The van der Waals surface area contributed by atoms with Crippen molar-refractivity contribution in [3.8, 4) is 23.0 Å². The average molecular weight is 830 g/mol. The number of hydrazone groups is 1. The van der Waals surface area contributed by atoms with E-state index in [9.17, 15) is 39.9 Å². The Kier molecular flexibility index (Phi) is 13.7. The number of rotatable bonds is 5. The molecule has 9 unspecified atom stereocenters. The van der Waals surface area contributed by atoms with Crippen LogP contribution in [0, 0.1) is 30.6 Å². The van der Waals surface area contributed by atoms with E-state index in [1.165, 1.54) is 64.4 Å². The van der Waals surface area contributed by atoms with Gasteiger partial charge < -0.3 is 49.8 Å². The number of carbonyl (C=O) groups excluding carboxylic acids is 3. The van der Waals surface area contributed by atoms with Crippen molar-refractivity contribution in [1.82, 2.24) is 0 Å². The molecule has 3 heterocycles. The summed E-state index contributed by atoms with van der Waals surface area (Å²) in [6, 6.07) is 9.03. The van der Waals surface area contributed by atoms with E-state index in [2.05, 4.69) is 10.4 Å². The third-order valence-electron chi connectivity index (χ3n) is 11.5. The van der Waals surface area contributed by atoms with E-state index in [1.54, 1.807) is 71.2 Å². The number of esters is 1. The van der Waals surface area contributed by atoms with Crippen LogP contribution in [0.3, 0.4) is 0 Å². The molecule has 5 bridgehead atoms. The van der Waals surface area contributed by atoms with Crippen LogP contribution in [0.4, 0.5) is 11.4 Å². The summed E-state index contributed by atoms with van der Waals surface area (Å²) in [6.07, 6.45) is 4.68. The molecule has 0 radical (unpaired) electrons. The van der Waals surface area contributed by atoms with E-state index in [1.807, 2.05) is 6.07 Å². The van der Waals surface area contributed by atoms with Gasteiger partial charge in [0.15, 0.2) is 5.75 Å². The first-order valence-corrected chi connectivity index (χ1v) is 19.7. The zero-order chi connectivity index (χ0) is 44.4. The van der Waals surface area contributed by atoms with Gasteiger partial charge in [0.1, 0.15) is 23.4 Å². The molecule has 1 amide bonds. The quantitative estimate of drug-likeness (QED) is 0.0554. The number of fused-ring (bicyclic) bond motifs is 14. The SMILES string of the molecule is COC1/C=C/OC2(C)Oc3c(C)c(O)c4c(O)c(c(/C=N\N(C)c5ccccc5)c(O)c4c3C2=O)NC(=O)/C(C)=C/C=C/C(C)C(O)C(C)C(O)C(C)C(OC(C)=O)C1C. The summed E-state index contributed by atoms with van der Waals surface area (Å²) < 4.78 is 23.6. The number of ketones is 1. The summed E-state index contributed by atoms with van der Waals surface area (Å²) in [5.74, 6) is -8.57. The number of nitrogens with zero attached hydrogens (tertiary/aromatic N) is 2. The molecular weight excluding hydrogens is 775 g/mol. The largest absolute Gasteiger partial charge is 0.507 e. The Morgan fingerprint density at radius 2 is 1.60 bits per heavy atom. The normalized spacial score (nSPS) is 29.7. The minimum Gasteiger partial charge on any atom is -0.507 e. The lowest BCUT2D eigenvalue weighted by Crippen LogP contribution is -2.46. The number of aromatic hydroxyl groups is 3. The molecule has 322 valence electrons. The van der Waals surface area contributed by atoms with Crippen LogP contribution >= 0.6 is 0 Å². The van der Waals surface area contributed by atoms with Gasteiger partial charge in [-0.1, -0.05) is 64.1 Å². The van der Waals surface area contributed by atoms with Crippen molar-refractivity contribution in [2.24, 2.45) is 28.8 Å². The first kappa shape index (κ1) is 45.2. The number of hydrogen-bond acceptors (Lipinski definition) is 14. The second kappa shape index (κ2) is 18.2. The molecule has 0 spiro atoms. The molecule has 15 heteroatoms. The maximum Gasteiger partial charge on any atom is 0.312 e. The zero-order valence-corrected chi connectivity index (χ0v) is 35.5. The van der Waals surface area contributed by atoms with Crippen LogP contribution in [0.1, 0.15) is 70.0 Å². The number of anilines is 2. The molecule has 0 saturated heterocycles. The molecule has 0 aliphatic carbocycles. The summed E-state index contributed by atoms with van der Waals surface area (Å²) in [4.78, 5) is 40.5. The number of para-hydroxylation sites is 1. The van der Waals surface area contributed by atoms with Crippen LogP contribution in [0.2, 0.25) is 0 Å². The van der Waals surface area contributed by atoms with E-state index in [0.29, 0.717) is 5.69 Å². The highest BCUT2D eigenvalue weighted by molar-refractivity contribution is 6.24. The number of nitrogens with one attached hydrogen (secondary N) is 1. The average Bonchev–Trinajstić information content (AvgIpc) is 3.49. The van der Waals surface area contributed by atoms with Crippen LogP contribution in [-0.2, 0) is 23.8 Å². The summed E-state index contributed by atoms with van der Waals surface area (Å²) in [7, 11) is 3.08. The summed E-state index contributed by atoms with van der Waals surface area (Å²) in [6.45, 7) is 12.5. The molecule has 6 rings (SSSR count). The van der Waals surface area contributed by atoms with Gasteiger partial charge in [-0.3, -0.25) is 19.4 Å². The number of ether oxygens (including phenoxy) is 4. The van der Waals surface area contributed by atoms with Gasteiger partial charge >= 0.3 is 11.8 Å².